The van der Waals surface area contributed by atoms with E-state index in [1.54, 1.807) is 0 Å². The highest BCUT2D eigenvalue weighted by Gasteiger charge is 2.33. The third-order valence-electron chi connectivity index (χ3n) is 4.92. The first kappa shape index (κ1) is 17.2. The fourth-order valence-electron chi connectivity index (χ4n) is 3.42. The topological polar surface area (TPSA) is 66.4 Å². The number of carbonyl (C=O) groups excluding carboxylic acids is 1. The Hall–Kier alpha value is -2.62. The quantitative estimate of drug-likeness (QED) is 0.872. The van der Waals surface area contributed by atoms with Crippen molar-refractivity contribution in [2.75, 3.05) is 0 Å². The molecule has 2 N–H and O–H groups in total. The molecule has 0 aliphatic heterocycles. The second-order valence-electron chi connectivity index (χ2n) is 6.83. The summed E-state index contributed by atoms with van der Waals surface area (Å²) >= 11 is 0. The zero-order chi connectivity index (χ0) is 17.8. The van der Waals surface area contributed by atoms with Crippen LogP contribution in [0.3, 0.4) is 0 Å². The predicted molar refractivity (Wildman–Crippen MR) is 96.9 cm³/mol. The maximum atomic E-state index is 12.2. The Morgan fingerprint density at radius 2 is 1.76 bits per heavy atom. The van der Waals surface area contributed by atoms with Gasteiger partial charge in [0, 0.05) is 12.5 Å². The number of benzene rings is 2. The largest absolute Gasteiger partial charge is 0.481 e. The highest BCUT2D eigenvalue weighted by atomic mass is 16.4. The van der Waals surface area contributed by atoms with Gasteiger partial charge < -0.3 is 10.4 Å². The van der Waals surface area contributed by atoms with Gasteiger partial charge in [-0.2, -0.15) is 0 Å². The standard InChI is InChI=1S/C21H23NO3/c1-14-3-2-4-17(11-14)16-7-5-15(6-8-16)13-22-20(23)18-9-10-19(12-18)21(24)25/h2-8,11,18-19H,9-10,12-13H2,1H3,(H,22,23)(H,24,25)/t18-,19+/m1/s1. The van der Waals surface area contributed by atoms with Crippen molar-refractivity contribution in [2.24, 2.45) is 11.8 Å². The Morgan fingerprint density at radius 3 is 2.40 bits per heavy atom. The minimum Gasteiger partial charge on any atom is -0.481 e. The van der Waals surface area contributed by atoms with Crippen LogP contribution in [0, 0.1) is 18.8 Å². The summed E-state index contributed by atoms with van der Waals surface area (Å²) in [6.45, 7) is 2.55. The number of rotatable bonds is 5. The van der Waals surface area contributed by atoms with Crippen LogP contribution in [-0.4, -0.2) is 17.0 Å². The molecule has 2 aromatic carbocycles. The number of aryl methyl sites for hydroxylation is 1. The summed E-state index contributed by atoms with van der Waals surface area (Å²) in [6, 6.07) is 16.5. The number of amides is 1. The number of nitrogens with one attached hydrogen (secondary N) is 1. The number of carbonyl (C=O) groups is 2. The van der Waals surface area contributed by atoms with Gasteiger partial charge in [-0.15, -0.1) is 0 Å². The minimum atomic E-state index is -0.790. The third kappa shape index (κ3) is 4.27. The number of carboxylic acid groups (broad SMARTS) is 1. The van der Waals surface area contributed by atoms with Crippen molar-refractivity contribution in [3.8, 4) is 11.1 Å². The van der Waals surface area contributed by atoms with Crippen molar-refractivity contribution in [3.05, 3.63) is 59.7 Å². The summed E-state index contributed by atoms with van der Waals surface area (Å²) in [5, 5.41) is 12.0. The number of hydrogen-bond acceptors (Lipinski definition) is 2. The van der Waals surface area contributed by atoms with Crippen LogP contribution >= 0.6 is 0 Å². The molecule has 0 bridgehead atoms. The van der Waals surface area contributed by atoms with E-state index < -0.39 is 5.97 Å². The first-order chi connectivity index (χ1) is 12.0. The number of hydrogen-bond donors (Lipinski definition) is 2. The second-order valence-corrected chi connectivity index (χ2v) is 6.83. The van der Waals surface area contributed by atoms with Gasteiger partial charge in [0.25, 0.3) is 0 Å². The summed E-state index contributed by atoms with van der Waals surface area (Å²) < 4.78 is 0. The van der Waals surface area contributed by atoms with E-state index in [-0.39, 0.29) is 17.7 Å². The van der Waals surface area contributed by atoms with Crippen LogP contribution in [0.2, 0.25) is 0 Å². The average molecular weight is 337 g/mol. The van der Waals surface area contributed by atoms with Gasteiger partial charge in [-0.05, 0) is 42.9 Å². The molecule has 2 atom stereocenters. The van der Waals surface area contributed by atoms with Crippen molar-refractivity contribution in [3.63, 3.8) is 0 Å². The average Bonchev–Trinajstić information content (AvgIpc) is 3.11. The van der Waals surface area contributed by atoms with Crippen LogP contribution < -0.4 is 5.32 Å². The van der Waals surface area contributed by atoms with Crippen LogP contribution in [0.5, 0.6) is 0 Å². The predicted octanol–water partition coefficient (Wildman–Crippen LogP) is 3.78. The fourth-order valence-corrected chi connectivity index (χ4v) is 3.42. The molecule has 1 aliphatic carbocycles. The van der Waals surface area contributed by atoms with Crippen LogP contribution in [0.25, 0.3) is 11.1 Å². The lowest BCUT2D eigenvalue weighted by Gasteiger charge is -2.11. The van der Waals surface area contributed by atoms with Gasteiger partial charge in [0.1, 0.15) is 0 Å². The van der Waals surface area contributed by atoms with E-state index in [2.05, 4.69) is 42.6 Å². The van der Waals surface area contributed by atoms with Gasteiger partial charge in [0.05, 0.1) is 5.92 Å². The first-order valence-corrected chi connectivity index (χ1v) is 8.69. The molecule has 3 rings (SSSR count). The Labute approximate surface area is 147 Å². The van der Waals surface area contributed by atoms with Crippen molar-refractivity contribution < 1.29 is 14.7 Å². The highest BCUT2D eigenvalue weighted by molar-refractivity contribution is 5.80. The summed E-state index contributed by atoms with van der Waals surface area (Å²) in [5.74, 6) is -1.37. The van der Waals surface area contributed by atoms with E-state index in [1.807, 2.05) is 18.2 Å². The zero-order valence-corrected chi connectivity index (χ0v) is 14.4. The zero-order valence-electron chi connectivity index (χ0n) is 14.4. The highest BCUT2D eigenvalue weighted by Crippen LogP contribution is 2.31. The van der Waals surface area contributed by atoms with Crippen molar-refractivity contribution in [1.82, 2.24) is 5.32 Å². The van der Waals surface area contributed by atoms with Gasteiger partial charge in [-0.25, -0.2) is 0 Å². The van der Waals surface area contributed by atoms with E-state index >= 15 is 0 Å². The van der Waals surface area contributed by atoms with Crippen molar-refractivity contribution >= 4 is 11.9 Å². The molecule has 2 aromatic rings. The molecule has 1 amide bonds. The molecule has 1 saturated carbocycles. The maximum absolute atomic E-state index is 12.2. The van der Waals surface area contributed by atoms with Crippen LogP contribution in [-0.2, 0) is 16.1 Å². The Kier molecular flexibility index (Phi) is 5.17. The SMILES string of the molecule is Cc1cccc(-c2ccc(CNC(=O)[C@@H]3CC[C@H](C(=O)O)C3)cc2)c1. The summed E-state index contributed by atoms with van der Waals surface area (Å²) in [6.07, 6.45) is 1.71. The van der Waals surface area contributed by atoms with Gasteiger partial charge in [-0.1, -0.05) is 54.1 Å². The third-order valence-corrected chi connectivity index (χ3v) is 4.92. The monoisotopic (exact) mass is 337 g/mol. The molecule has 0 radical (unpaired) electrons. The van der Waals surface area contributed by atoms with E-state index in [4.69, 9.17) is 5.11 Å². The summed E-state index contributed by atoms with van der Waals surface area (Å²) in [5.41, 5.74) is 4.60. The van der Waals surface area contributed by atoms with Crippen molar-refractivity contribution in [1.29, 1.82) is 0 Å². The lowest BCUT2D eigenvalue weighted by atomic mass is 10.0. The van der Waals surface area contributed by atoms with Gasteiger partial charge in [-0.3, -0.25) is 9.59 Å². The second kappa shape index (κ2) is 7.51. The lowest BCUT2D eigenvalue weighted by Crippen LogP contribution is -2.29. The van der Waals surface area contributed by atoms with E-state index in [0.717, 1.165) is 11.1 Å². The molecule has 1 aliphatic rings. The molecule has 0 heterocycles. The molecular weight excluding hydrogens is 314 g/mol. The molecular formula is C21H23NO3. The van der Waals surface area contributed by atoms with E-state index in [0.29, 0.717) is 25.8 Å². The first-order valence-electron chi connectivity index (χ1n) is 8.69. The molecule has 1 fully saturated rings. The smallest absolute Gasteiger partial charge is 0.306 e. The normalized spacial score (nSPS) is 19.6. The molecule has 4 heteroatoms. The van der Waals surface area contributed by atoms with Crippen LogP contribution in [0.4, 0.5) is 0 Å². The fraction of sp³-hybridized carbons (Fsp3) is 0.333. The molecule has 0 spiro atoms. The Bertz CT molecular complexity index is 767. The summed E-state index contributed by atoms with van der Waals surface area (Å²) in [7, 11) is 0. The Balaban J connectivity index is 1.55. The van der Waals surface area contributed by atoms with E-state index in [9.17, 15) is 9.59 Å². The number of carboxylic acids is 1. The van der Waals surface area contributed by atoms with Crippen LogP contribution in [0.1, 0.15) is 30.4 Å². The molecule has 0 saturated heterocycles. The maximum Gasteiger partial charge on any atom is 0.306 e. The van der Waals surface area contributed by atoms with E-state index in [1.165, 1.54) is 11.1 Å². The van der Waals surface area contributed by atoms with Crippen LogP contribution in [0.15, 0.2) is 48.5 Å². The molecule has 0 unspecified atom stereocenters. The van der Waals surface area contributed by atoms with Gasteiger partial charge in [0.2, 0.25) is 5.91 Å². The summed E-state index contributed by atoms with van der Waals surface area (Å²) in [4.78, 5) is 23.2. The van der Waals surface area contributed by atoms with Gasteiger partial charge >= 0.3 is 5.97 Å². The number of aliphatic carboxylic acids is 1. The molecule has 130 valence electrons. The molecule has 0 aromatic heterocycles. The Morgan fingerprint density at radius 1 is 1.04 bits per heavy atom. The molecule has 25 heavy (non-hydrogen) atoms. The molecule has 4 nitrogen and oxygen atoms in total. The lowest BCUT2D eigenvalue weighted by molar-refractivity contribution is -0.141. The minimum absolute atomic E-state index is 0.0356. The van der Waals surface area contributed by atoms with Crippen molar-refractivity contribution in [2.45, 2.75) is 32.7 Å². The van der Waals surface area contributed by atoms with Gasteiger partial charge in [0.15, 0.2) is 0 Å².